The Morgan fingerprint density at radius 2 is 2.07 bits per heavy atom. The Kier molecular flexibility index (Phi) is 6.12. The van der Waals surface area contributed by atoms with Crippen molar-refractivity contribution >= 4 is 23.2 Å². The standard InChI is InChI=1S/C13H18Cl2/c1-2-5-12(14)8-3-6-11-7-4-9-13(15)10-11/h4,7,9-10,12H,2-3,5-6,8H2,1H3. The van der Waals surface area contributed by atoms with E-state index in [0.29, 0.717) is 5.38 Å². The average Bonchev–Trinajstić information content (AvgIpc) is 2.18. The summed E-state index contributed by atoms with van der Waals surface area (Å²) < 4.78 is 0. The normalized spacial score (nSPS) is 12.7. The van der Waals surface area contributed by atoms with Crippen molar-refractivity contribution in [1.29, 1.82) is 0 Å². The van der Waals surface area contributed by atoms with Crippen LogP contribution in [0.3, 0.4) is 0 Å². The highest BCUT2D eigenvalue weighted by Gasteiger charge is 2.03. The van der Waals surface area contributed by atoms with Crippen LogP contribution < -0.4 is 0 Å². The van der Waals surface area contributed by atoms with E-state index >= 15 is 0 Å². The molecule has 0 saturated heterocycles. The topological polar surface area (TPSA) is 0 Å². The van der Waals surface area contributed by atoms with E-state index in [9.17, 15) is 0 Å². The van der Waals surface area contributed by atoms with Gasteiger partial charge in [0.1, 0.15) is 0 Å². The summed E-state index contributed by atoms with van der Waals surface area (Å²) in [6.45, 7) is 2.17. The van der Waals surface area contributed by atoms with Crippen LogP contribution in [0.5, 0.6) is 0 Å². The first-order valence-electron chi connectivity index (χ1n) is 5.61. The van der Waals surface area contributed by atoms with Gasteiger partial charge in [-0.25, -0.2) is 0 Å². The molecule has 0 aliphatic rings. The minimum absolute atomic E-state index is 0.342. The fourth-order valence-electron chi connectivity index (χ4n) is 1.68. The number of benzene rings is 1. The molecule has 0 bridgehead atoms. The lowest BCUT2D eigenvalue weighted by Crippen LogP contribution is -1.98. The van der Waals surface area contributed by atoms with Crippen LogP contribution in [-0.2, 0) is 6.42 Å². The van der Waals surface area contributed by atoms with Gasteiger partial charge in [-0.2, -0.15) is 0 Å². The van der Waals surface area contributed by atoms with E-state index in [0.717, 1.165) is 30.7 Å². The summed E-state index contributed by atoms with van der Waals surface area (Å²) in [6.07, 6.45) is 5.62. The molecule has 0 saturated carbocycles. The van der Waals surface area contributed by atoms with Gasteiger partial charge in [0.25, 0.3) is 0 Å². The number of alkyl halides is 1. The summed E-state index contributed by atoms with van der Waals surface area (Å²) in [5.41, 5.74) is 1.31. The summed E-state index contributed by atoms with van der Waals surface area (Å²) in [5, 5.41) is 1.16. The summed E-state index contributed by atoms with van der Waals surface area (Å²) in [5.74, 6) is 0. The zero-order valence-corrected chi connectivity index (χ0v) is 10.7. The van der Waals surface area contributed by atoms with Crippen LogP contribution in [0, 0.1) is 0 Å². The molecule has 1 rings (SSSR count). The van der Waals surface area contributed by atoms with Crippen LogP contribution in [0.15, 0.2) is 24.3 Å². The molecule has 0 aliphatic carbocycles. The van der Waals surface area contributed by atoms with E-state index in [1.807, 2.05) is 18.2 Å². The average molecular weight is 245 g/mol. The van der Waals surface area contributed by atoms with Crippen LogP contribution in [0.4, 0.5) is 0 Å². The smallest absolute Gasteiger partial charge is 0.0408 e. The Balaban J connectivity index is 2.25. The van der Waals surface area contributed by atoms with Crippen molar-refractivity contribution < 1.29 is 0 Å². The highest BCUT2D eigenvalue weighted by molar-refractivity contribution is 6.30. The third-order valence-corrected chi connectivity index (χ3v) is 3.15. The fourth-order valence-corrected chi connectivity index (χ4v) is 2.26. The van der Waals surface area contributed by atoms with Crippen molar-refractivity contribution in [3.8, 4) is 0 Å². The molecule has 1 aromatic carbocycles. The highest BCUT2D eigenvalue weighted by Crippen LogP contribution is 2.16. The molecule has 15 heavy (non-hydrogen) atoms. The Hall–Kier alpha value is -0.200. The molecule has 1 unspecified atom stereocenters. The molecule has 0 amide bonds. The first kappa shape index (κ1) is 12.9. The molecular formula is C13H18Cl2. The van der Waals surface area contributed by atoms with E-state index in [-0.39, 0.29) is 0 Å². The van der Waals surface area contributed by atoms with Gasteiger partial charge in [-0.3, -0.25) is 0 Å². The molecule has 0 spiro atoms. The van der Waals surface area contributed by atoms with Crippen LogP contribution in [0.1, 0.15) is 38.2 Å². The molecule has 0 radical (unpaired) electrons. The summed E-state index contributed by atoms with van der Waals surface area (Å²) in [7, 11) is 0. The van der Waals surface area contributed by atoms with Crippen LogP contribution in [0.2, 0.25) is 5.02 Å². The molecule has 0 fully saturated rings. The zero-order valence-electron chi connectivity index (χ0n) is 9.18. The van der Waals surface area contributed by atoms with E-state index in [1.54, 1.807) is 0 Å². The molecule has 1 atom stereocenters. The van der Waals surface area contributed by atoms with Crippen molar-refractivity contribution in [3.63, 3.8) is 0 Å². The van der Waals surface area contributed by atoms with Gasteiger partial charge in [-0.1, -0.05) is 37.1 Å². The molecule has 2 heteroatoms. The second-order valence-electron chi connectivity index (χ2n) is 3.91. The largest absolute Gasteiger partial charge is 0.123 e. The second kappa shape index (κ2) is 7.14. The number of hydrogen-bond donors (Lipinski definition) is 0. The minimum atomic E-state index is 0.342. The maximum Gasteiger partial charge on any atom is 0.0408 e. The van der Waals surface area contributed by atoms with Gasteiger partial charge in [-0.05, 0) is 43.4 Å². The lowest BCUT2D eigenvalue weighted by molar-refractivity contribution is 0.640. The lowest BCUT2D eigenvalue weighted by Gasteiger charge is -2.07. The first-order chi connectivity index (χ1) is 7.22. The second-order valence-corrected chi connectivity index (χ2v) is 4.96. The third kappa shape index (κ3) is 5.44. The number of rotatable bonds is 6. The minimum Gasteiger partial charge on any atom is -0.123 e. The monoisotopic (exact) mass is 244 g/mol. The van der Waals surface area contributed by atoms with Gasteiger partial charge in [-0.15, -0.1) is 11.6 Å². The zero-order chi connectivity index (χ0) is 11.1. The molecule has 1 aromatic rings. The Bertz CT molecular complexity index is 284. The van der Waals surface area contributed by atoms with Crippen molar-refractivity contribution in [2.45, 2.75) is 44.4 Å². The van der Waals surface area contributed by atoms with E-state index in [4.69, 9.17) is 23.2 Å². The highest BCUT2D eigenvalue weighted by atomic mass is 35.5. The maximum atomic E-state index is 6.15. The third-order valence-electron chi connectivity index (χ3n) is 2.47. The summed E-state index contributed by atoms with van der Waals surface area (Å²) in [6, 6.07) is 8.06. The predicted octanol–water partition coefficient (Wildman–Crippen LogP) is 5.07. The number of aryl methyl sites for hydroxylation is 1. The maximum absolute atomic E-state index is 6.15. The molecule has 84 valence electrons. The van der Waals surface area contributed by atoms with Gasteiger partial charge in [0, 0.05) is 10.4 Å². The van der Waals surface area contributed by atoms with E-state index < -0.39 is 0 Å². The van der Waals surface area contributed by atoms with Gasteiger partial charge < -0.3 is 0 Å². The summed E-state index contributed by atoms with van der Waals surface area (Å²) >= 11 is 12.1. The van der Waals surface area contributed by atoms with Crippen molar-refractivity contribution in [1.82, 2.24) is 0 Å². The number of halogens is 2. The summed E-state index contributed by atoms with van der Waals surface area (Å²) in [4.78, 5) is 0. The fraction of sp³-hybridized carbons (Fsp3) is 0.538. The molecular weight excluding hydrogens is 227 g/mol. The van der Waals surface area contributed by atoms with Crippen molar-refractivity contribution in [3.05, 3.63) is 34.9 Å². The Morgan fingerprint density at radius 3 is 2.73 bits per heavy atom. The van der Waals surface area contributed by atoms with Crippen LogP contribution in [-0.4, -0.2) is 5.38 Å². The van der Waals surface area contributed by atoms with Gasteiger partial charge in [0.15, 0.2) is 0 Å². The van der Waals surface area contributed by atoms with E-state index in [1.165, 1.54) is 12.0 Å². The van der Waals surface area contributed by atoms with Gasteiger partial charge in [0.05, 0.1) is 0 Å². The molecule has 0 aliphatic heterocycles. The van der Waals surface area contributed by atoms with Crippen LogP contribution in [0.25, 0.3) is 0 Å². The SMILES string of the molecule is CCCC(Cl)CCCc1cccc(Cl)c1. The molecule has 0 heterocycles. The van der Waals surface area contributed by atoms with E-state index in [2.05, 4.69) is 13.0 Å². The molecule has 0 aromatic heterocycles. The van der Waals surface area contributed by atoms with Crippen LogP contribution >= 0.6 is 23.2 Å². The quantitative estimate of drug-likeness (QED) is 0.614. The molecule has 0 N–H and O–H groups in total. The Labute approximate surface area is 103 Å². The van der Waals surface area contributed by atoms with Gasteiger partial charge in [0.2, 0.25) is 0 Å². The van der Waals surface area contributed by atoms with Crippen molar-refractivity contribution in [2.75, 3.05) is 0 Å². The lowest BCUT2D eigenvalue weighted by atomic mass is 10.1. The predicted molar refractivity (Wildman–Crippen MR) is 68.9 cm³/mol. The van der Waals surface area contributed by atoms with Crippen molar-refractivity contribution in [2.24, 2.45) is 0 Å². The number of hydrogen-bond acceptors (Lipinski definition) is 0. The Morgan fingerprint density at radius 1 is 1.27 bits per heavy atom. The molecule has 0 nitrogen and oxygen atoms in total. The first-order valence-corrected chi connectivity index (χ1v) is 6.42. The van der Waals surface area contributed by atoms with Gasteiger partial charge >= 0.3 is 0 Å².